The normalized spacial score (nSPS) is 13.4. The molecular formula is C14H23NO2S. The summed E-state index contributed by atoms with van der Waals surface area (Å²) in [7, 11) is -2.88. The first kappa shape index (κ1) is 15.2. The van der Waals surface area contributed by atoms with Gasteiger partial charge in [0.2, 0.25) is 0 Å². The molecule has 4 heteroatoms. The van der Waals surface area contributed by atoms with Crippen molar-refractivity contribution in [2.24, 2.45) is 0 Å². The van der Waals surface area contributed by atoms with E-state index in [-0.39, 0.29) is 11.8 Å². The fourth-order valence-corrected chi connectivity index (χ4v) is 2.39. The first-order valence-corrected chi connectivity index (χ1v) is 8.55. The maximum atomic E-state index is 11.1. The second-order valence-corrected chi connectivity index (χ2v) is 6.95. The van der Waals surface area contributed by atoms with Crippen molar-refractivity contribution in [2.45, 2.75) is 32.2 Å². The molecule has 1 unspecified atom stereocenters. The number of unbranched alkanes of at least 4 members (excludes halogenated alkanes) is 1. The summed E-state index contributed by atoms with van der Waals surface area (Å²) in [6.07, 6.45) is 4.62. The minimum absolute atomic E-state index is 0.197. The van der Waals surface area contributed by atoms with Gasteiger partial charge >= 0.3 is 0 Å². The van der Waals surface area contributed by atoms with E-state index in [1.807, 2.05) is 18.2 Å². The van der Waals surface area contributed by atoms with Crippen LogP contribution in [0, 0.1) is 0 Å². The third-order valence-electron chi connectivity index (χ3n) is 2.91. The molecule has 0 saturated carbocycles. The molecule has 0 bridgehead atoms. The van der Waals surface area contributed by atoms with Crippen molar-refractivity contribution in [3.63, 3.8) is 0 Å². The first-order chi connectivity index (χ1) is 8.53. The smallest absolute Gasteiger partial charge is 0.148 e. The van der Waals surface area contributed by atoms with E-state index in [1.54, 1.807) is 0 Å². The van der Waals surface area contributed by atoms with E-state index in [1.165, 1.54) is 11.8 Å². The zero-order valence-electron chi connectivity index (χ0n) is 11.2. The average Bonchev–Trinajstić information content (AvgIpc) is 2.33. The van der Waals surface area contributed by atoms with Crippen molar-refractivity contribution in [1.82, 2.24) is 5.32 Å². The van der Waals surface area contributed by atoms with Gasteiger partial charge in [0.1, 0.15) is 9.84 Å². The molecule has 0 heterocycles. The minimum Gasteiger partial charge on any atom is -0.309 e. The van der Waals surface area contributed by atoms with Crippen LogP contribution < -0.4 is 5.32 Å². The third-order valence-corrected chi connectivity index (χ3v) is 3.86. The predicted octanol–water partition coefficient (Wildman–Crippen LogP) is 2.55. The second kappa shape index (κ2) is 7.54. The van der Waals surface area contributed by atoms with Gasteiger partial charge in [0.15, 0.2) is 0 Å². The summed E-state index contributed by atoms with van der Waals surface area (Å²) in [5.41, 5.74) is 1.24. The van der Waals surface area contributed by atoms with Gasteiger partial charge in [0.05, 0.1) is 5.75 Å². The van der Waals surface area contributed by atoms with E-state index < -0.39 is 9.84 Å². The molecule has 1 N–H and O–H groups in total. The number of nitrogens with one attached hydrogen (secondary N) is 1. The summed E-state index contributed by atoms with van der Waals surface area (Å²) >= 11 is 0. The van der Waals surface area contributed by atoms with Crippen LogP contribution in [0.3, 0.4) is 0 Å². The highest BCUT2D eigenvalue weighted by Gasteiger charge is 2.11. The van der Waals surface area contributed by atoms with Gasteiger partial charge < -0.3 is 5.32 Å². The standard InChI is InChI=1S/C14H23NO2S/c1-3-4-10-14(13-8-6-5-7-9-13)15-11-12-18(2,16)17/h5-9,14-15H,3-4,10-12H2,1-2H3. The average molecular weight is 269 g/mol. The van der Waals surface area contributed by atoms with E-state index in [0.717, 1.165) is 19.3 Å². The Morgan fingerprint density at radius 1 is 1.22 bits per heavy atom. The predicted molar refractivity (Wildman–Crippen MR) is 76.4 cm³/mol. The summed E-state index contributed by atoms with van der Waals surface area (Å²) in [6, 6.07) is 10.5. The Balaban J connectivity index is 2.56. The van der Waals surface area contributed by atoms with Gasteiger partial charge in [-0.15, -0.1) is 0 Å². The molecule has 18 heavy (non-hydrogen) atoms. The molecule has 1 aromatic carbocycles. The van der Waals surface area contributed by atoms with Crippen molar-refractivity contribution < 1.29 is 8.42 Å². The van der Waals surface area contributed by atoms with Crippen LogP contribution in [-0.2, 0) is 9.84 Å². The van der Waals surface area contributed by atoms with E-state index in [4.69, 9.17) is 0 Å². The molecule has 0 amide bonds. The molecule has 0 spiro atoms. The molecular weight excluding hydrogens is 246 g/mol. The third kappa shape index (κ3) is 6.17. The van der Waals surface area contributed by atoms with Crippen LogP contribution in [0.15, 0.2) is 30.3 Å². The lowest BCUT2D eigenvalue weighted by Crippen LogP contribution is -2.27. The van der Waals surface area contributed by atoms with E-state index >= 15 is 0 Å². The zero-order valence-corrected chi connectivity index (χ0v) is 12.0. The molecule has 0 aliphatic rings. The summed E-state index contributed by atoms with van der Waals surface area (Å²) in [6.45, 7) is 2.68. The second-order valence-electron chi connectivity index (χ2n) is 4.69. The summed E-state index contributed by atoms with van der Waals surface area (Å²) in [4.78, 5) is 0. The fourth-order valence-electron chi connectivity index (χ4n) is 1.90. The highest BCUT2D eigenvalue weighted by Crippen LogP contribution is 2.18. The maximum absolute atomic E-state index is 11.1. The van der Waals surface area contributed by atoms with Crippen molar-refractivity contribution in [2.75, 3.05) is 18.6 Å². The Labute approximate surface area is 111 Å². The molecule has 102 valence electrons. The van der Waals surface area contributed by atoms with Gasteiger partial charge in [0, 0.05) is 18.8 Å². The molecule has 1 rings (SSSR count). The molecule has 0 aliphatic heterocycles. The maximum Gasteiger partial charge on any atom is 0.148 e. The topological polar surface area (TPSA) is 46.2 Å². The molecule has 1 atom stereocenters. The number of rotatable bonds is 8. The van der Waals surface area contributed by atoms with Crippen LogP contribution in [0.25, 0.3) is 0 Å². The first-order valence-electron chi connectivity index (χ1n) is 6.49. The Bertz CT molecular complexity index is 428. The Hall–Kier alpha value is -0.870. The molecule has 1 aromatic rings. The Morgan fingerprint density at radius 2 is 1.89 bits per heavy atom. The van der Waals surface area contributed by atoms with Crippen LogP contribution in [0.1, 0.15) is 37.8 Å². The van der Waals surface area contributed by atoms with E-state index in [2.05, 4.69) is 24.4 Å². The van der Waals surface area contributed by atoms with Gasteiger partial charge in [-0.25, -0.2) is 8.42 Å². The largest absolute Gasteiger partial charge is 0.309 e. The molecule has 0 fully saturated rings. The molecule has 3 nitrogen and oxygen atoms in total. The van der Waals surface area contributed by atoms with Gasteiger partial charge in [-0.1, -0.05) is 50.1 Å². The summed E-state index contributed by atoms with van der Waals surface area (Å²) < 4.78 is 22.2. The van der Waals surface area contributed by atoms with E-state index in [0.29, 0.717) is 6.54 Å². The number of hydrogen-bond donors (Lipinski definition) is 1. The lowest BCUT2D eigenvalue weighted by molar-refractivity contribution is 0.493. The monoisotopic (exact) mass is 269 g/mol. The highest BCUT2D eigenvalue weighted by atomic mass is 32.2. The van der Waals surface area contributed by atoms with Crippen LogP contribution >= 0.6 is 0 Å². The molecule has 0 radical (unpaired) electrons. The van der Waals surface area contributed by atoms with Gasteiger partial charge in [0.25, 0.3) is 0 Å². The van der Waals surface area contributed by atoms with Crippen molar-refractivity contribution in [3.05, 3.63) is 35.9 Å². The minimum atomic E-state index is -2.88. The number of sulfone groups is 1. The fraction of sp³-hybridized carbons (Fsp3) is 0.571. The highest BCUT2D eigenvalue weighted by molar-refractivity contribution is 7.90. The molecule has 0 saturated heterocycles. The van der Waals surface area contributed by atoms with Crippen molar-refractivity contribution in [3.8, 4) is 0 Å². The molecule has 0 aliphatic carbocycles. The quantitative estimate of drug-likeness (QED) is 0.789. The lowest BCUT2D eigenvalue weighted by Gasteiger charge is -2.18. The lowest BCUT2D eigenvalue weighted by atomic mass is 10.0. The SMILES string of the molecule is CCCCC(NCCS(C)(=O)=O)c1ccccc1. The zero-order chi connectivity index (χ0) is 13.4. The van der Waals surface area contributed by atoms with Crippen molar-refractivity contribution in [1.29, 1.82) is 0 Å². The van der Waals surface area contributed by atoms with Crippen LogP contribution in [0.4, 0.5) is 0 Å². The van der Waals surface area contributed by atoms with Crippen LogP contribution in [-0.4, -0.2) is 27.0 Å². The molecule has 0 aromatic heterocycles. The number of benzene rings is 1. The summed E-state index contributed by atoms with van der Waals surface area (Å²) in [5.74, 6) is 0.197. The van der Waals surface area contributed by atoms with Crippen LogP contribution in [0.2, 0.25) is 0 Å². The Kier molecular flexibility index (Phi) is 6.36. The van der Waals surface area contributed by atoms with Gasteiger partial charge in [-0.3, -0.25) is 0 Å². The van der Waals surface area contributed by atoms with Crippen LogP contribution in [0.5, 0.6) is 0 Å². The van der Waals surface area contributed by atoms with Gasteiger partial charge in [-0.2, -0.15) is 0 Å². The Morgan fingerprint density at radius 3 is 2.44 bits per heavy atom. The number of hydrogen-bond acceptors (Lipinski definition) is 3. The van der Waals surface area contributed by atoms with Gasteiger partial charge in [-0.05, 0) is 12.0 Å². The summed E-state index contributed by atoms with van der Waals surface area (Å²) in [5, 5.41) is 3.35. The van der Waals surface area contributed by atoms with E-state index in [9.17, 15) is 8.42 Å². The van der Waals surface area contributed by atoms with Crippen molar-refractivity contribution >= 4 is 9.84 Å².